The van der Waals surface area contributed by atoms with Crippen LogP contribution in [0.25, 0.3) is 0 Å². The largest absolute Gasteiger partial charge is 0.396 e. The van der Waals surface area contributed by atoms with Crippen molar-refractivity contribution >= 4 is 44.6 Å². The maximum atomic E-state index is 13.4. The highest BCUT2D eigenvalue weighted by Crippen LogP contribution is 2.35. The lowest BCUT2D eigenvalue weighted by Gasteiger charge is -2.23. The van der Waals surface area contributed by atoms with Gasteiger partial charge >= 0.3 is 0 Å². The van der Waals surface area contributed by atoms with Gasteiger partial charge in [-0.2, -0.15) is 0 Å². The molecule has 31 heavy (non-hydrogen) atoms. The van der Waals surface area contributed by atoms with Crippen molar-refractivity contribution in [2.24, 2.45) is 0 Å². The van der Waals surface area contributed by atoms with Gasteiger partial charge in [-0.05, 0) is 35.9 Å². The number of carbonyl (C=O) groups excluding carboxylic acids is 2. The van der Waals surface area contributed by atoms with Crippen LogP contribution in [0.2, 0.25) is 5.02 Å². The number of aliphatic hydroxyl groups is 1. The van der Waals surface area contributed by atoms with Crippen molar-refractivity contribution in [2.75, 3.05) is 22.9 Å². The first kappa shape index (κ1) is 23.0. The summed E-state index contributed by atoms with van der Waals surface area (Å²) in [6.45, 7) is 1.27. The average Bonchev–Trinajstić information content (AvgIpc) is 3.01. The molecule has 0 aliphatic carbocycles. The highest BCUT2D eigenvalue weighted by atomic mass is 35.5. The molecule has 1 heterocycles. The van der Waals surface area contributed by atoms with E-state index in [4.69, 9.17) is 17.3 Å². The SMILES string of the molecule is CCS(=O)(=O)c1cccc(N2CC[C@@](O)(C(=O)NCc3cc(F)cc(Cl)c3)C2=O)c1N. The van der Waals surface area contributed by atoms with Crippen molar-refractivity contribution in [2.45, 2.75) is 30.4 Å². The highest BCUT2D eigenvalue weighted by Gasteiger charge is 2.52. The Balaban J connectivity index is 1.81. The zero-order valence-corrected chi connectivity index (χ0v) is 18.1. The molecule has 0 bridgehead atoms. The average molecular weight is 470 g/mol. The first-order valence-electron chi connectivity index (χ1n) is 9.38. The lowest BCUT2D eigenvalue weighted by atomic mass is 10.0. The molecular formula is C20H21ClFN3O5S. The van der Waals surface area contributed by atoms with Crippen LogP contribution in [0.3, 0.4) is 0 Å². The molecule has 2 amide bonds. The Morgan fingerprint density at radius 1 is 1.35 bits per heavy atom. The van der Waals surface area contributed by atoms with Crippen LogP contribution in [0.4, 0.5) is 15.8 Å². The number of sulfone groups is 1. The van der Waals surface area contributed by atoms with Crippen molar-refractivity contribution in [1.29, 1.82) is 0 Å². The van der Waals surface area contributed by atoms with Gasteiger partial charge in [0.25, 0.3) is 11.8 Å². The van der Waals surface area contributed by atoms with E-state index in [0.29, 0.717) is 5.56 Å². The van der Waals surface area contributed by atoms with E-state index in [2.05, 4.69) is 5.32 Å². The second-order valence-corrected chi connectivity index (χ2v) is 9.80. The van der Waals surface area contributed by atoms with Gasteiger partial charge in [-0.25, -0.2) is 12.8 Å². The molecule has 0 radical (unpaired) electrons. The standard InChI is InChI=1S/C20H21ClFN3O5S/c1-2-31(29,30)16-5-3-4-15(17(16)23)25-7-6-20(28,19(25)27)18(26)24-11-12-8-13(21)10-14(22)9-12/h3-5,8-10,28H,2,6-7,11,23H2,1H3,(H,24,26)/t20-/m1/s1. The molecule has 1 atom stereocenters. The third-order valence-electron chi connectivity index (χ3n) is 5.10. The molecule has 2 aromatic rings. The van der Waals surface area contributed by atoms with Crippen LogP contribution in [-0.2, 0) is 26.0 Å². The summed E-state index contributed by atoms with van der Waals surface area (Å²) in [7, 11) is -3.64. The fourth-order valence-corrected chi connectivity index (χ4v) is 4.66. The minimum absolute atomic E-state index is 0.0472. The van der Waals surface area contributed by atoms with Crippen LogP contribution in [0.5, 0.6) is 0 Å². The van der Waals surface area contributed by atoms with E-state index >= 15 is 0 Å². The van der Waals surface area contributed by atoms with E-state index in [9.17, 15) is 27.5 Å². The molecule has 0 unspecified atom stereocenters. The van der Waals surface area contributed by atoms with Crippen LogP contribution in [-0.4, -0.2) is 43.2 Å². The van der Waals surface area contributed by atoms with Gasteiger partial charge in [0, 0.05) is 24.5 Å². The Bertz CT molecular complexity index is 1140. The molecule has 1 aliphatic heterocycles. The summed E-state index contributed by atoms with van der Waals surface area (Å²) in [4.78, 5) is 26.5. The monoisotopic (exact) mass is 469 g/mol. The Labute approximate surface area is 183 Å². The Hall–Kier alpha value is -2.69. The van der Waals surface area contributed by atoms with E-state index in [1.165, 1.54) is 37.3 Å². The lowest BCUT2D eigenvalue weighted by molar-refractivity contribution is -0.149. The molecule has 4 N–H and O–H groups in total. The number of nitrogens with two attached hydrogens (primary N) is 1. The van der Waals surface area contributed by atoms with Gasteiger partial charge in [0.15, 0.2) is 9.84 Å². The van der Waals surface area contributed by atoms with Crippen LogP contribution < -0.4 is 16.0 Å². The number of hydrogen-bond acceptors (Lipinski definition) is 6. The zero-order chi connectivity index (χ0) is 23.0. The molecule has 2 aromatic carbocycles. The second-order valence-electron chi connectivity index (χ2n) is 7.12. The van der Waals surface area contributed by atoms with Crippen LogP contribution in [0, 0.1) is 5.82 Å². The third-order valence-corrected chi connectivity index (χ3v) is 7.10. The minimum atomic E-state index is -3.64. The Morgan fingerprint density at radius 3 is 2.71 bits per heavy atom. The number of benzene rings is 2. The molecule has 8 nitrogen and oxygen atoms in total. The molecule has 0 aromatic heterocycles. The summed E-state index contributed by atoms with van der Waals surface area (Å²) in [5.41, 5.74) is 3.96. The van der Waals surface area contributed by atoms with E-state index in [0.717, 1.165) is 11.0 Å². The Morgan fingerprint density at radius 2 is 2.06 bits per heavy atom. The van der Waals surface area contributed by atoms with E-state index in [-0.39, 0.29) is 46.6 Å². The van der Waals surface area contributed by atoms with Gasteiger partial charge in [-0.3, -0.25) is 9.59 Å². The number of nitrogens with one attached hydrogen (secondary N) is 1. The van der Waals surface area contributed by atoms with Gasteiger partial charge in [0.1, 0.15) is 5.82 Å². The number of halogens is 2. The first-order chi connectivity index (χ1) is 14.5. The summed E-state index contributed by atoms with van der Waals surface area (Å²) in [5.74, 6) is -2.65. The molecular weight excluding hydrogens is 449 g/mol. The number of anilines is 2. The number of nitrogens with zero attached hydrogens (tertiary/aromatic N) is 1. The lowest BCUT2D eigenvalue weighted by Crippen LogP contribution is -2.52. The van der Waals surface area contributed by atoms with Crippen molar-refractivity contribution in [3.63, 3.8) is 0 Å². The molecule has 1 saturated heterocycles. The predicted molar refractivity (Wildman–Crippen MR) is 114 cm³/mol. The van der Waals surface area contributed by atoms with Crippen molar-refractivity contribution < 1.29 is 27.5 Å². The van der Waals surface area contributed by atoms with Gasteiger partial charge in [-0.1, -0.05) is 24.6 Å². The van der Waals surface area contributed by atoms with Gasteiger partial charge in [0.05, 0.1) is 22.0 Å². The molecule has 1 fully saturated rings. The first-order valence-corrected chi connectivity index (χ1v) is 11.4. The number of hydrogen-bond donors (Lipinski definition) is 3. The van der Waals surface area contributed by atoms with E-state index < -0.39 is 33.1 Å². The van der Waals surface area contributed by atoms with Crippen LogP contribution in [0.1, 0.15) is 18.9 Å². The number of carbonyl (C=O) groups is 2. The van der Waals surface area contributed by atoms with Crippen molar-refractivity contribution in [3.8, 4) is 0 Å². The van der Waals surface area contributed by atoms with Crippen molar-refractivity contribution in [3.05, 3.63) is 52.8 Å². The van der Waals surface area contributed by atoms with Gasteiger partial charge < -0.3 is 21.1 Å². The molecule has 11 heteroatoms. The smallest absolute Gasteiger partial charge is 0.268 e. The fraction of sp³-hybridized carbons (Fsp3) is 0.300. The van der Waals surface area contributed by atoms with Crippen LogP contribution >= 0.6 is 11.6 Å². The van der Waals surface area contributed by atoms with Crippen LogP contribution in [0.15, 0.2) is 41.3 Å². The molecule has 166 valence electrons. The zero-order valence-electron chi connectivity index (χ0n) is 16.6. The van der Waals surface area contributed by atoms with E-state index in [1.807, 2.05) is 0 Å². The highest BCUT2D eigenvalue weighted by molar-refractivity contribution is 7.91. The van der Waals surface area contributed by atoms with Gasteiger partial charge in [-0.15, -0.1) is 0 Å². The summed E-state index contributed by atoms with van der Waals surface area (Å²) in [6, 6.07) is 7.93. The molecule has 3 rings (SSSR count). The normalized spacial score (nSPS) is 19.0. The quantitative estimate of drug-likeness (QED) is 0.435. The minimum Gasteiger partial charge on any atom is -0.396 e. The second kappa shape index (κ2) is 8.45. The summed E-state index contributed by atoms with van der Waals surface area (Å²) >= 11 is 5.78. The molecule has 1 aliphatic rings. The summed E-state index contributed by atoms with van der Waals surface area (Å²) in [5, 5.41) is 13.3. The Kier molecular flexibility index (Phi) is 6.26. The molecule has 0 saturated carbocycles. The predicted octanol–water partition coefficient (Wildman–Crippen LogP) is 1.64. The molecule has 0 spiro atoms. The summed E-state index contributed by atoms with van der Waals surface area (Å²) in [6.07, 6.45) is -0.230. The van der Waals surface area contributed by atoms with Crippen molar-refractivity contribution in [1.82, 2.24) is 5.32 Å². The van der Waals surface area contributed by atoms with E-state index in [1.54, 1.807) is 0 Å². The number of amides is 2. The summed E-state index contributed by atoms with van der Waals surface area (Å²) < 4.78 is 37.9. The number of para-hydroxylation sites is 1. The van der Waals surface area contributed by atoms with Gasteiger partial charge in [0.2, 0.25) is 5.60 Å². The third kappa shape index (κ3) is 4.36. The maximum absolute atomic E-state index is 13.4. The number of rotatable bonds is 6. The fourth-order valence-electron chi connectivity index (χ4n) is 3.38. The maximum Gasteiger partial charge on any atom is 0.268 e. The topological polar surface area (TPSA) is 130 Å². The number of nitrogen functional groups attached to an aromatic ring is 1.